The van der Waals surface area contributed by atoms with Gasteiger partial charge >= 0.3 is 5.97 Å². The Balaban J connectivity index is 3.84. The maximum absolute atomic E-state index is 12.5. The second-order valence-corrected chi connectivity index (χ2v) is 8.38. The van der Waals surface area contributed by atoms with E-state index in [4.69, 9.17) is 4.74 Å². The summed E-state index contributed by atoms with van der Waals surface area (Å²) in [7, 11) is 1.40. The van der Waals surface area contributed by atoms with Crippen molar-refractivity contribution in [3.8, 4) is 0 Å². The molecule has 0 amide bonds. The number of hydrogen-bond donors (Lipinski definition) is 0. The lowest BCUT2D eigenvalue weighted by atomic mass is 9.93. The first-order chi connectivity index (χ1) is 13.7. The van der Waals surface area contributed by atoms with Crippen molar-refractivity contribution in [2.75, 3.05) is 7.11 Å². The van der Waals surface area contributed by atoms with E-state index in [0.29, 0.717) is 12.8 Å². The molecule has 0 radical (unpaired) electrons. The molecular weight excluding hydrogens is 348 g/mol. The van der Waals surface area contributed by atoms with Gasteiger partial charge in [-0.2, -0.15) is 0 Å². The highest BCUT2D eigenvalue weighted by Crippen LogP contribution is 2.18. The SMILES string of the molecule is CCCCCCCCCCCC(=O)C(CCCCCCCCCC)C(=O)OC. The summed E-state index contributed by atoms with van der Waals surface area (Å²) in [6.07, 6.45) is 22.2. The Kier molecular flexibility index (Phi) is 20.2. The van der Waals surface area contributed by atoms with Gasteiger partial charge in [0.1, 0.15) is 11.7 Å². The normalized spacial score (nSPS) is 12.1. The van der Waals surface area contributed by atoms with Gasteiger partial charge in [-0.1, -0.05) is 117 Å². The standard InChI is InChI=1S/C25H48O3/c1-4-6-8-10-12-14-16-18-20-22-24(26)23(25(27)28-3)21-19-17-15-13-11-9-7-5-2/h23H,4-22H2,1-3H3. The van der Waals surface area contributed by atoms with Crippen molar-refractivity contribution in [3.05, 3.63) is 0 Å². The van der Waals surface area contributed by atoms with E-state index >= 15 is 0 Å². The fourth-order valence-electron chi connectivity index (χ4n) is 3.82. The minimum Gasteiger partial charge on any atom is -0.468 e. The van der Waals surface area contributed by atoms with Crippen molar-refractivity contribution in [2.45, 2.75) is 136 Å². The molecule has 0 aromatic rings. The number of Topliss-reactive ketones (excluding diaryl/α,β-unsaturated/α-hetero) is 1. The summed E-state index contributed by atoms with van der Waals surface area (Å²) in [4.78, 5) is 24.5. The number of carbonyl (C=O) groups is 2. The van der Waals surface area contributed by atoms with Crippen LogP contribution in [-0.4, -0.2) is 18.9 Å². The van der Waals surface area contributed by atoms with Crippen LogP contribution < -0.4 is 0 Å². The highest BCUT2D eigenvalue weighted by Gasteiger charge is 2.26. The maximum atomic E-state index is 12.5. The van der Waals surface area contributed by atoms with Crippen molar-refractivity contribution < 1.29 is 14.3 Å². The monoisotopic (exact) mass is 396 g/mol. The molecule has 0 aromatic carbocycles. The Morgan fingerprint density at radius 3 is 1.43 bits per heavy atom. The Labute approximate surface area is 175 Å². The third-order valence-corrected chi connectivity index (χ3v) is 5.75. The van der Waals surface area contributed by atoms with Crippen LogP contribution in [0.4, 0.5) is 0 Å². The van der Waals surface area contributed by atoms with E-state index in [9.17, 15) is 9.59 Å². The molecule has 0 aliphatic rings. The molecular formula is C25H48O3. The molecule has 0 aliphatic carbocycles. The van der Waals surface area contributed by atoms with E-state index in [-0.39, 0.29) is 11.8 Å². The molecule has 0 heterocycles. The number of unbranched alkanes of at least 4 members (excludes halogenated alkanes) is 15. The van der Waals surface area contributed by atoms with Crippen molar-refractivity contribution in [2.24, 2.45) is 5.92 Å². The number of esters is 1. The first kappa shape index (κ1) is 27.1. The Hall–Kier alpha value is -0.860. The zero-order valence-electron chi connectivity index (χ0n) is 19.2. The first-order valence-corrected chi connectivity index (χ1v) is 12.3. The molecule has 28 heavy (non-hydrogen) atoms. The van der Waals surface area contributed by atoms with Crippen molar-refractivity contribution in [3.63, 3.8) is 0 Å². The average Bonchev–Trinajstić information content (AvgIpc) is 2.70. The van der Waals surface area contributed by atoms with E-state index in [1.54, 1.807) is 0 Å². The van der Waals surface area contributed by atoms with Crippen LogP contribution in [0, 0.1) is 5.92 Å². The molecule has 0 aromatic heterocycles. The molecule has 3 heteroatoms. The summed E-state index contributed by atoms with van der Waals surface area (Å²) >= 11 is 0. The van der Waals surface area contributed by atoms with Crippen LogP contribution >= 0.6 is 0 Å². The maximum Gasteiger partial charge on any atom is 0.316 e. The van der Waals surface area contributed by atoms with Crippen LogP contribution in [0.25, 0.3) is 0 Å². The van der Waals surface area contributed by atoms with E-state index in [1.165, 1.54) is 90.6 Å². The minimum absolute atomic E-state index is 0.0951. The van der Waals surface area contributed by atoms with Crippen LogP contribution in [-0.2, 0) is 14.3 Å². The summed E-state index contributed by atoms with van der Waals surface area (Å²) in [5, 5.41) is 0. The second-order valence-electron chi connectivity index (χ2n) is 8.38. The summed E-state index contributed by atoms with van der Waals surface area (Å²) in [5.74, 6) is -0.763. The topological polar surface area (TPSA) is 43.4 Å². The largest absolute Gasteiger partial charge is 0.468 e. The number of ketones is 1. The zero-order valence-corrected chi connectivity index (χ0v) is 19.2. The fraction of sp³-hybridized carbons (Fsp3) is 0.920. The summed E-state index contributed by atoms with van der Waals surface area (Å²) in [5.41, 5.74) is 0. The molecule has 0 saturated heterocycles. The molecule has 0 saturated carbocycles. The van der Waals surface area contributed by atoms with Crippen molar-refractivity contribution in [1.82, 2.24) is 0 Å². The van der Waals surface area contributed by atoms with Crippen LogP contribution in [0.15, 0.2) is 0 Å². The molecule has 3 nitrogen and oxygen atoms in total. The molecule has 0 N–H and O–H groups in total. The predicted octanol–water partition coefficient (Wildman–Crippen LogP) is 7.80. The number of carbonyl (C=O) groups excluding carboxylic acids is 2. The minimum atomic E-state index is -0.529. The molecule has 0 rings (SSSR count). The van der Waals surface area contributed by atoms with Gasteiger partial charge in [0.05, 0.1) is 7.11 Å². The van der Waals surface area contributed by atoms with Gasteiger partial charge in [-0.05, 0) is 12.8 Å². The van der Waals surface area contributed by atoms with Crippen LogP contribution in [0.3, 0.4) is 0 Å². The Morgan fingerprint density at radius 1 is 0.607 bits per heavy atom. The van der Waals surface area contributed by atoms with E-state index in [1.807, 2.05) is 0 Å². The molecule has 0 spiro atoms. The highest BCUT2D eigenvalue weighted by atomic mass is 16.5. The molecule has 0 fully saturated rings. The van der Waals surface area contributed by atoms with Crippen molar-refractivity contribution in [1.29, 1.82) is 0 Å². The summed E-state index contributed by atoms with van der Waals surface area (Å²) < 4.78 is 4.89. The molecule has 166 valence electrons. The van der Waals surface area contributed by atoms with Crippen LogP contribution in [0.2, 0.25) is 0 Å². The van der Waals surface area contributed by atoms with Gasteiger partial charge in [0, 0.05) is 6.42 Å². The third kappa shape index (κ3) is 16.1. The van der Waals surface area contributed by atoms with E-state index in [0.717, 1.165) is 25.7 Å². The molecule has 1 unspecified atom stereocenters. The Morgan fingerprint density at radius 2 is 1.00 bits per heavy atom. The van der Waals surface area contributed by atoms with Gasteiger partial charge < -0.3 is 4.74 Å². The summed E-state index contributed by atoms with van der Waals surface area (Å²) in [6.45, 7) is 4.48. The number of ether oxygens (including phenoxy) is 1. The highest BCUT2D eigenvalue weighted by molar-refractivity contribution is 5.98. The number of rotatable bonds is 21. The zero-order chi connectivity index (χ0) is 20.9. The smallest absolute Gasteiger partial charge is 0.316 e. The summed E-state index contributed by atoms with van der Waals surface area (Å²) in [6, 6.07) is 0. The van der Waals surface area contributed by atoms with Crippen LogP contribution in [0.5, 0.6) is 0 Å². The van der Waals surface area contributed by atoms with Gasteiger partial charge in [-0.3, -0.25) is 9.59 Å². The number of hydrogen-bond acceptors (Lipinski definition) is 3. The second kappa shape index (κ2) is 20.9. The van der Waals surface area contributed by atoms with E-state index in [2.05, 4.69) is 13.8 Å². The lowest BCUT2D eigenvalue weighted by molar-refractivity contribution is -0.149. The molecule has 0 bridgehead atoms. The first-order valence-electron chi connectivity index (χ1n) is 12.3. The van der Waals surface area contributed by atoms with Gasteiger partial charge in [-0.25, -0.2) is 0 Å². The number of methoxy groups -OCH3 is 1. The Bertz CT molecular complexity index is 365. The van der Waals surface area contributed by atoms with Gasteiger partial charge in [-0.15, -0.1) is 0 Å². The molecule has 1 atom stereocenters. The van der Waals surface area contributed by atoms with E-state index < -0.39 is 5.92 Å². The third-order valence-electron chi connectivity index (χ3n) is 5.75. The van der Waals surface area contributed by atoms with Crippen molar-refractivity contribution >= 4 is 11.8 Å². The lowest BCUT2D eigenvalue weighted by Crippen LogP contribution is -2.25. The fourth-order valence-corrected chi connectivity index (χ4v) is 3.82. The van der Waals surface area contributed by atoms with Gasteiger partial charge in [0.25, 0.3) is 0 Å². The lowest BCUT2D eigenvalue weighted by Gasteiger charge is -2.13. The predicted molar refractivity (Wildman–Crippen MR) is 120 cm³/mol. The van der Waals surface area contributed by atoms with Gasteiger partial charge in [0.2, 0.25) is 0 Å². The van der Waals surface area contributed by atoms with Crippen LogP contribution in [0.1, 0.15) is 136 Å². The quantitative estimate of drug-likeness (QED) is 0.113. The van der Waals surface area contributed by atoms with Gasteiger partial charge in [0.15, 0.2) is 0 Å². The molecule has 0 aliphatic heterocycles. The average molecular weight is 397 g/mol.